The van der Waals surface area contributed by atoms with E-state index in [1.54, 1.807) is 17.3 Å². The molecule has 0 radical (unpaired) electrons. The first-order valence-electron chi connectivity index (χ1n) is 11.3. The summed E-state index contributed by atoms with van der Waals surface area (Å²) >= 11 is 0. The molecule has 3 heterocycles. The lowest BCUT2D eigenvalue weighted by Gasteiger charge is -2.36. The van der Waals surface area contributed by atoms with Crippen LogP contribution in [0.2, 0.25) is 0 Å². The first-order valence-corrected chi connectivity index (χ1v) is 11.3. The third kappa shape index (κ3) is 4.50. The van der Waals surface area contributed by atoms with Gasteiger partial charge in [-0.2, -0.15) is 5.10 Å². The largest absolute Gasteiger partial charge is 0.506 e. The maximum Gasteiger partial charge on any atom is 0.257 e. The van der Waals surface area contributed by atoms with Gasteiger partial charge in [0, 0.05) is 32.6 Å². The molecule has 5 rings (SSSR count). The van der Waals surface area contributed by atoms with Crippen molar-refractivity contribution in [3.63, 3.8) is 0 Å². The van der Waals surface area contributed by atoms with Gasteiger partial charge in [-0.3, -0.25) is 9.69 Å². The van der Waals surface area contributed by atoms with E-state index in [0.29, 0.717) is 18.7 Å². The molecule has 0 bridgehead atoms. The van der Waals surface area contributed by atoms with Gasteiger partial charge in [0.2, 0.25) is 0 Å². The molecular weight excluding hydrogens is 416 g/mol. The number of phenolic OH excluding ortho intramolecular Hbond substituents is 1. The molecule has 1 aromatic heterocycles. The Morgan fingerprint density at radius 1 is 1.03 bits per heavy atom. The van der Waals surface area contributed by atoms with Crippen LogP contribution in [0.1, 0.15) is 29.3 Å². The van der Waals surface area contributed by atoms with Crippen LogP contribution >= 0.6 is 0 Å². The molecule has 1 N–H and O–H groups in total. The second kappa shape index (κ2) is 9.11. The highest BCUT2D eigenvalue weighted by molar-refractivity contribution is 6.03. The van der Waals surface area contributed by atoms with Crippen molar-refractivity contribution in [1.29, 1.82) is 0 Å². The summed E-state index contributed by atoms with van der Waals surface area (Å²) in [5.74, 6) is 1.01. The molecule has 1 saturated heterocycles. The maximum atomic E-state index is 13.3. The fraction of sp³-hybridized carbons (Fsp3) is 0.308. The molecule has 1 amide bonds. The van der Waals surface area contributed by atoms with Crippen LogP contribution in [0.5, 0.6) is 5.75 Å². The van der Waals surface area contributed by atoms with Gasteiger partial charge in [0.05, 0.1) is 24.2 Å². The topological polar surface area (TPSA) is 72.5 Å². The number of anilines is 1. The molecular formula is C26H28N4O3. The van der Waals surface area contributed by atoms with Crippen molar-refractivity contribution in [3.8, 4) is 5.75 Å². The van der Waals surface area contributed by atoms with Crippen molar-refractivity contribution in [3.05, 3.63) is 83.8 Å². The molecule has 0 aliphatic carbocycles. The monoisotopic (exact) mass is 444 g/mol. The highest BCUT2D eigenvalue weighted by Gasteiger charge is 2.35. The second-order valence-corrected chi connectivity index (χ2v) is 8.64. The SMILES string of the molecule is Cc1ccc(C2=NN(C(=O)CN3CCN(c4ccccc4O)CC3)[C@H](c3ccco3)C2)cc1. The van der Waals surface area contributed by atoms with E-state index in [-0.39, 0.29) is 11.9 Å². The molecule has 0 spiro atoms. The van der Waals surface area contributed by atoms with E-state index in [9.17, 15) is 9.90 Å². The zero-order chi connectivity index (χ0) is 22.8. The van der Waals surface area contributed by atoms with E-state index < -0.39 is 0 Å². The van der Waals surface area contributed by atoms with E-state index in [1.165, 1.54) is 5.56 Å². The summed E-state index contributed by atoms with van der Waals surface area (Å²) in [6.45, 7) is 5.35. The second-order valence-electron chi connectivity index (χ2n) is 8.64. The van der Waals surface area contributed by atoms with Crippen LogP contribution in [0.15, 0.2) is 76.4 Å². The van der Waals surface area contributed by atoms with Crippen molar-refractivity contribution in [1.82, 2.24) is 9.91 Å². The molecule has 2 aliphatic heterocycles. The average Bonchev–Trinajstić information content (AvgIpc) is 3.51. The molecule has 1 atom stereocenters. The molecule has 170 valence electrons. The number of phenols is 1. The normalized spacial score (nSPS) is 19.1. The Balaban J connectivity index is 1.28. The zero-order valence-corrected chi connectivity index (χ0v) is 18.7. The third-order valence-electron chi connectivity index (χ3n) is 6.38. The predicted molar refractivity (Wildman–Crippen MR) is 127 cm³/mol. The number of benzene rings is 2. The fourth-order valence-electron chi connectivity index (χ4n) is 4.51. The Bertz CT molecular complexity index is 1130. The Morgan fingerprint density at radius 3 is 2.48 bits per heavy atom. The number of hydrazone groups is 1. The molecule has 7 nitrogen and oxygen atoms in total. The minimum absolute atomic E-state index is 0.0329. The summed E-state index contributed by atoms with van der Waals surface area (Å²) in [7, 11) is 0. The number of hydrogen-bond donors (Lipinski definition) is 1. The Morgan fingerprint density at radius 2 is 1.79 bits per heavy atom. The van der Waals surface area contributed by atoms with Crippen LogP contribution in [-0.2, 0) is 4.79 Å². The lowest BCUT2D eigenvalue weighted by molar-refractivity contribution is -0.134. The minimum Gasteiger partial charge on any atom is -0.506 e. The van der Waals surface area contributed by atoms with Crippen LogP contribution in [0.25, 0.3) is 0 Å². The van der Waals surface area contributed by atoms with Crippen molar-refractivity contribution >= 4 is 17.3 Å². The summed E-state index contributed by atoms with van der Waals surface area (Å²) in [6, 6.07) is 19.1. The zero-order valence-electron chi connectivity index (χ0n) is 18.7. The van der Waals surface area contributed by atoms with E-state index >= 15 is 0 Å². The number of aromatic hydroxyl groups is 1. The smallest absolute Gasteiger partial charge is 0.257 e. The number of carbonyl (C=O) groups excluding carboxylic acids is 1. The van der Waals surface area contributed by atoms with E-state index in [0.717, 1.165) is 48.9 Å². The number of amides is 1. The number of rotatable bonds is 5. The number of aryl methyl sites for hydroxylation is 1. The third-order valence-corrected chi connectivity index (χ3v) is 6.38. The standard InChI is InChI=1S/C26H28N4O3/c1-19-8-10-20(11-9-19)21-17-23(25-7-4-16-33-25)30(27-21)26(32)18-28-12-14-29(15-13-28)22-5-2-3-6-24(22)31/h2-11,16,23,31H,12-15,17-18H2,1H3/t23-/m0/s1. The number of nitrogens with zero attached hydrogens (tertiary/aromatic N) is 4. The summed E-state index contributed by atoms with van der Waals surface area (Å²) in [5, 5.41) is 16.5. The summed E-state index contributed by atoms with van der Waals surface area (Å²) in [6.07, 6.45) is 2.27. The molecule has 0 saturated carbocycles. The Labute approximate surface area is 193 Å². The van der Waals surface area contributed by atoms with Crippen molar-refractivity contribution < 1.29 is 14.3 Å². The van der Waals surface area contributed by atoms with Gasteiger partial charge in [-0.15, -0.1) is 0 Å². The van der Waals surface area contributed by atoms with Crippen LogP contribution in [-0.4, -0.2) is 59.4 Å². The van der Waals surface area contributed by atoms with Crippen LogP contribution in [0.4, 0.5) is 5.69 Å². The molecule has 2 aromatic carbocycles. The summed E-state index contributed by atoms with van der Waals surface area (Å²) in [5.41, 5.74) is 3.96. The highest BCUT2D eigenvalue weighted by atomic mass is 16.3. The van der Waals surface area contributed by atoms with Gasteiger partial charge in [0.1, 0.15) is 17.6 Å². The van der Waals surface area contributed by atoms with E-state index in [2.05, 4.69) is 41.0 Å². The highest BCUT2D eigenvalue weighted by Crippen LogP contribution is 2.33. The van der Waals surface area contributed by atoms with Gasteiger partial charge in [-0.1, -0.05) is 42.0 Å². The van der Waals surface area contributed by atoms with E-state index in [4.69, 9.17) is 9.52 Å². The fourth-order valence-corrected chi connectivity index (χ4v) is 4.51. The van der Waals surface area contributed by atoms with Gasteiger partial charge < -0.3 is 14.4 Å². The quantitative estimate of drug-likeness (QED) is 0.648. The number of furan rings is 1. The van der Waals surface area contributed by atoms with Gasteiger partial charge in [0.25, 0.3) is 5.91 Å². The Hall–Kier alpha value is -3.58. The van der Waals surface area contributed by atoms with Crippen molar-refractivity contribution in [2.75, 3.05) is 37.6 Å². The minimum atomic E-state index is -0.230. The molecule has 3 aromatic rings. The first kappa shape index (κ1) is 21.3. The lowest BCUT2D eigenvalue weighted by atomic mass is 10.0. The lowest BCUT2D eigenvalue weighted by Crippen LogP contribution is -2.49. The number of para-hydroxylation sites is 2. The van der Waals surface area contributed by atoms with Crippen LogP contribution < -0.4 is 4.90 Å². The number of hydrogen-bond acceptors (Lipinski definition) is 6. The molecule has 33 heavy (non-hydrogen) atoms. The van der Waals surface area contributed by atoms with Crippen molar-refractivity contribution in [2.45, 2.75) is 19.4 Å². The number of piperazine rings is 1. The van der Waals surface area contributed by atoms with Crippen LogP contribution in [0, 0.1) is 6.92 Å². The first-order chi connectivity index (χ1) is 16.1. The van der Waals surface area contributed by atoms with Gasteiger partial charge in [0.15, 0.2) is 0 Å². The Kier molecular flexibility index (Phi) is 5.88. The molecule has 7 heteroatoms. The van der Waals surface area contributed by atoms with Crippen molar-refractivity contribution in [2.24, 2.45) is 5.10 Å². The van der Waals surface area contributed by atoms with Crippen LogP contribution in [0.3, 0.4) is 0 Å². The number of carbonyl (C=O) groups is 1. The molecule has 1 fully saturated rings. The average molecular weight is 445 g/mol. The molecule has 0 unspecified atom stereocenters. The molecule has 2 aliphatic rings. The van der Waals surface area contributed by atoms with Gasteiger partial charge in [-0.25, -0.2) is 5.01 Å². The summed E-state index contributed by atoms with van der Waals surface area (Å²) < 4.78 is 5.65. The van der Waals surface area contributed by atoms with Gasteiger partial charge in [-0.05, 0) is 36.8 Å². The van der Waals surface area contributed by atoms with E-state index in [1.807, 2.05) is 30.3 Å². The predicted octanol–water partition coefficient (Wildman–Crippen LogP) is 3.79. The summed E-state index contributed by atoms with van der Waals surface area (Å²) in [4.78, 5) is 17.6. The van der Waals surface area contributed by atoms with Gasteiger partial charge >= 0.3 is 0 Å². The maximum absolute atomic E-state index is 13.3.